The Kier molecular flexibility index (Phi) is 12.2. The van der Waals surface area contributed by atoms with Crippen molar-refractivity contribution in [3.63, 3.8) is 0 Å². The smallest absolute Gasteiger partial charge is 0.337 e. The lowest BCUT2D eigenvalue weighted by atomic mass is 9.75. The number of carbonyl (C=O) groups excluding carboxylic acids is 1. The first kappa shape index (κ1) is 34.4. The molecule has 10 nitrogen and oxygen atoms in total. The predicted octanol–water partition coefficient (Wildman–Crippen LogP) is 5.08. The number of aliphatic hydroxyl groups excluding tert-OH is 1. The lowest BCUT2D eigenvalue weighted by molar-refractivity contribution is -0.173. The predicted molar refractivity (Wildman–Crippen MR) is 175 cm³/mol. The van der Waals surface area contributed by atoms with Gasteiger partial charge in [0.2, 0.25) is 0 Å². The van der Waals surface area contributed by atoms with Crippen molar-refractivity contribution in [3.8, 4) is 0 Å². The third-order valence-electron chi connectivity index (χ3n) is 7.53. The van der Waals surface area contributed by atoms with Crippen molar-refractivity contribution >= 4 is 56.2 Å². The number of hydrogen-bond acceptors (Lipinski definition) is 9. The van der Waals surface area contributed by atoms with Crippen LogP contribution >= 0.6 is 22.6 Å². The van der Waals surface area contributed by atoms with Crippen LogP contribution in [0.2, 0.25) is 51.4 Å². The molecule has 3 rings (SSSR count). The summed E-state index contributed by atoms with van der Waals surface area (Å²) in [5, 5.41) is 26.2. The van der Waals surface area contributed by atoms with Crippen LogP contribution < -0.4 is 4.90 Å². The van der Waals surface area contributed by atoms with Crippen LogP contribution in [0.15, 0.2) is 12.3 Å². The number of nitrogens with zero attached hydrogens (tertiary/aromatic N) is 4. The molecule has 2 aromatic heterocycles. The molecule has 0 spiro atoms. The zero-order valence-corrected chi connectivity index (χ0v) is 29.9. The molecule has 1 fully saturated rings. The highest BCUT2D eigenvalue weighted by atomic mass is 127. The van der Waals surface area contributed by atoms with Crippen LogP contribution in [0.5, 0.6) is 0 Å². The van der Waals surface area contributed by atoms with Gasteiger partial charge in [0.1, 0.15) is 24.9 Å². The van der Waals surface area contributed by atoms with E-state index in [1.165, 1.54) is 0 Å². The third kappa shape index (κ3) is 9.96. The summed E-state index contributed by atoms with van der Waals surface area (Å²) in [6.45, 7) is 18.0. The van der Waals surface area contributed by atoms with Crippen LogP contribution in [-0.2, 0) is 19.0 Å². The van der Waals surface area contributed by atoms with Gasteiger partial charge in [-0.1, -0.05) is 39.3 Å². The largest absolute Gasteiger partial charge is 0.464 e. The Morgan fingerprint density at radius 3 is 2.20 bits per heavy atom. The fraction of sp³-hybridized carbons (Fsp3) is 0.750. The van der Waals surface area contributed by atoms with Crippen molar-refractivity contribution in [3.05, 3.63) is 21.5 Å². The first-order valence-electron chi connectivity index (χ1n) is 14.7. The number of hydrogen-bond donors (Lipinski definition) is 2. The number of esters is 1. The minimum absolute atomic E-state index is 0.0570. The topological polar surface area (TPSA) is 119 Å². The molecule has 0 bridgehead atoms. The standard InChI is InChI=1S/C28H49IN4O6Si2/c1-8-39-27(35)25(34)28(36)11-9-21(10-12-28)23-17-24(33-26(31-23)22(29)18-30-33)32(19-37-13-15-40(2,3)4)20-38-14-16-41(5,6)7/h17-18,21,25,34,36H,8-16,19-20H2,1-7H3. The van der Waals surface area contributed by atoms with Crippen molar-refractivity contribution in [2.75, 3.05) is 38.2 Å². The van der Waals surface area contributed by atoms with E-state index in [1.54, 1.807) is 6.92 Å². The number of ether oxygens (including phenoxy) is 3. The Morgan fingerprint density at radius 1 is 1.12 bits per heavy atom. The average molecular weight is 721 g/mol. The van der Waals surface area contributed by atoms with Gasteiger partial charge in [0.05, 0.1) is 16.4 Å². The molecule has 0 aromatic carbocycles. The number of fused-ring (bicyclic) bond motifs is 1. The maximum atomic E-state index is 12.1. The van der Waals surface area contributed by atoms with E-state index in [0.717, 1.165) is 32.8 Å². The molecule has 0 radical (unpaired) electrons. The monoisotopic (exact) mass is 720 g/mol. The van der Waals surface area contributed by atoms with E-state index >= 15 is 0 Å². The van der Waals surface area contributed by atoms with Gasteiger partial charge in [-0.3, -0.25) is 0 Å². The van der Waals surface area contributed by atoms with Crippen LogP contribution in [0.4, 0.5) is 5.82 Å². The number of rotatable bonds is 15. The van der Waals surface area contributed by atoms with Crippen molar-refractivity contribution < 1.29 is 29.2 Å². The molecule has 1 atom stereocenters. The maximum Gasteiger partial charge on any atom is 0.337 e. The molecule has 41 heavy (non-hydrogen) atoms. The second-order valence-corrected chi connectivity index (χ2v) is 25.9. The molecule has 1 saturated carbocycles. The zero-order chi connectivity index (χ0) is 30.4. The normalized spacial score (nSPS) is 20.8. The Labute approximate surface area is 260 Å². The van der Waals surface area contributed by atoms with Gasteiger partial charge in [0, 0.05) is 47.0 Å². The second kappa shape index (κ2) is 14.6. The number of aliphatic hydroxyl groups is 2. The van der Waals surface area contributed by atoms with E-state index in [9.17, 15) is 15.0 Å². The lowest BCUT2D eigenvalue weighted by Crippen LogP contribution is -2.49. The van der Waals surface area contributed by atoms with Crippen molar-refractivity contribution in [2.45, 2.75) is 102 Å². The molecule has 1 aliphatic carbocycles. The molecule has 1 unspecified atom stereocenters. The number of carbonyl (C=O) groups is 1. The molecule has 232 valence electrons. The Balaban J connectivity index is 1.84. The Morgan fingerprint density at radius 2 is 1.68 bits per heavy atom. The summed E-state index contributed by atoms with van der Waals surface area (Å²) in [5.74, 6) is 0.130. The van der Waals surface area contributed by atoms with Crippen molar-refractivity contribution in [1.29, 1.82) is 0 Å². The Bertz CT molecular complexity index is 1120. The van der Waals surface area contributed by atoms with E-state index in [1.807, 2.05) is 10.7 Å². The molecular formula is C28H49IN4O6Si2. The molecule has 2 aromatic rings. The molecule has 13 heteroatoms. The Hall–Kier alpha value is -1.11. The third-order valence-corrected chi connectivity index (χ3v) is 11.7. The van der Waals surface area contributed by atoms with Crippen molar-refractivity contribution in [1.82, 2.24) is 14.6 Å². The minimum Gasteiger partial charge on any atom is -0.464 e. The van der Waals surface area contributed by atoms with Gasteiger partial charge in [-0.2, -0.15) is 9.61 Å². The highest BCUT2D eigenvalue weighted by molar-refractivity contribution is 14.1. The quantitative estimate of drug-likeness (QED) is 0.0855. The summed E-state index contributed by atoms with van der Waals surface area (Å²) in [6.07, 6.45) is 1.97. The maximum absolute atomic E-state index is 12.1. The number of aromatic nitrogens is 3. The van der Waals surface area contributed by atoms with Crippen molar-refractivity contribution in [2.24, 2.45) is 0 Å². The molecule has 2 N–H and O–H groups in total. The van der Waals surface area contributed by atoms with Crippen LogP contribution in [0.25, 0.3) is 5.65 Å². The summed E-state index contributed by atoms with van der Waals surface area (Å²) >= 11 is 2.25. The lowest BCUT2D eigenvalue weighted by Gasteiger charge is -2.38. The van der Waals surface area contributed by atoms with Gasteiger partial charge in [-0.25, -0.2) is 9.78 Å². The molecule has 0 saturated heterocycles. The fourth-order valence-electron chi connectivity index (χ4n) is 4.78. The zero-order valence-electron chi connectivity index (χ0n) is 25.8. The van der Waals surface area contributed by atoms with Gasteiger partial charge in [-0.05, 0) is 67.3 Å². The van der Waals surface area contributed by atoms with Crippen LogP contribution in [0.1, 0.15) is 44.2 Å². The molecule has 0 aliphatic heterocycles. The number of halogens is 1. The van der Waals surface area contributed by atoms with E-state index < -0.39 is 33.8 Å². The van der Waals surface area contributed by atoms with Gasteiger partial charge in [0.15, 0.2) is 11.8 Å². The van der Waals surface area contributed by atoms with Crippen LogP contribution in [0.3, 0.4) is 0 Å². The van der Waals surface area contributed by atoms with Crippen LogP contribution in [0, 0.1) is 3.57 Å². The molecule has 1 aliphatic rings. The molecular weight excluding hydrogens is 671 g/mol. The average Bonchev–Trinajstić information content (AvgIpc) is 3.26. The SMILES string of the molecule is CCOC(=O)C(O)C1(O)CCC(c2cc(N(COCC[Si](C)(C)C)COCC[Si](C)(C)C)n3ncc(I)c3n2)CC1. The fourth-order valence-corrected chi connectivity index (χ4v) is 6.76. The van der Waals surface area contributed by atoms with E-state index in [2.05, 4.69) is 77.9 Å². The van der Waals surface area contributed by atoms with E-state index in [4.69, 9.17) is 19.2 Å². The first-order chi connectivity index (χ1) is 19.1. The first-order valence-corrected chi connectivity index (χ1v) is 23.1. The summed E-state index contributed by atoms with van der Waals surface area (Å²) < 4.78 is 20.1. The van der Waals surface area contributed by atoms with Gasteiger partial charge >= 0.3 is 5.97 Å². The summed E-state index contributed by atoms with van der Waals surface area (Å²) in [7, 11) is -2.46. The minimum atomic E-state index is -1.55. The molecule has 0 amide bonds. The van der Waals surface area contributed by atoms with E-state index in [0.29, 0.717) is 39.5 Å². The summed E-state index contributed by atoms with van der Waals surface area (Å²) in [4.78, 5) is 19.2. The van der Waals surface area contributed by atoms with E-state index in [-0.39, 0.29) is 25.4 Å². The van der Waals surface area contributed by atoms with Gasteiger partial charge < -0.3 is 29.3 Å². The summed E-state index contributed by atoms with van der Waals surface area (Å²) in [6, 6.07) is 4.21. The van der Waals surface area contributed by atoms with Crippen LogP contribution in [-0.4, -0.2) is 91.9 Å². The van der Waals surface area contributed by atoms with Gasteiger partial charge in [0.25, 0.3) is 0 Å². The molecule has 2 heterocycles. The number of anilines is 1. The highest BCUT2D eigenvalue weighted by Gasteiger charge is 2.44. The second-order valence-electron chi connectivity index (χ2n) is 13.5. The summed E-state index contributed by atoms with van der Waals surface area (Å²) in [5.41, 5.74) is 0.161. The van der Waals surface area contributed by atoms with Gasteiger partial charge in [-0.15, -0.1) is 0 Å². The highest BCUT2D eigenvalue weighted by Crippen LogP contribution is 2.40.